The van der Waals surface area contributed by atoms with Crippen LogP contribution in [0.4, 0.5) is 0 Å². The second kappa shape index (κ2) is 5.56. The molecule has 0 bridgehead atoms. The van der Waals surface area contributed by atoms with Crippen LogP contribution in [0, 0.1) is 12.3 Å². The molecule has 1 aliphatic heterocycles. The van der Waals surface area contributed by atoms with Gasteiger partial charge in [0.15, 0.2) is 0 Å². The standard InChI is InChI=1S/C16H20N2O/c1-4-14-6-5-7-15(12-14)16(2,13-19)18-10-8-17(3)9-11-18/h1,5-7,12-13H,8-11H2,2-3H3. The highest BCUT2D eigenvalue weighted by Crippen LogP contribution is 2.27. The number of nitrogens with zero attached hydrogens (tertiary/aromatic N) is 2. The Kier molecular flexibility index (Phi) is 4.04. The van der Waals surface area contributed by atoms with Crippen LogP contribution in [-0.4, -0.2) is 49.3 Å². The van der Waals surface area contributed by atoms with Crippen molar-refractivity contribution < 1.29 is 4.79 Å². The Hall–Kier alpha value is -1.63. The summed E-state index contributed by atoms with van der Waals surface area (Å²) in [5.74, 6) is 2.63. The number of aldehydes is 1. The molecule has 0 spiro atoms. The maximum absolute atomic E-state index is 11.7. The van der Waals surface area contributed by atoms with Crippen molar-refractivity contribution in [1.29, 1.82) is 0 Å². The third-order valence-corrected chi connectivity index (χ3v) is 4.00. The van der Waals surface area contributed by atoms with Crippen molar-refractivity contribution >= 4 is 6.29 Å². The average Bonchev–Trinajstić information content (AvgIpc) is 2.47. The Morgan fingerprint density at radius 1 is 1.32 bits per heavy atom. The van der Waals surface area contributed by atoms with E-state index < -0.39 is 5.54 Å². The van der Waals surface area contributed by atoms with E-state index in [9.17, 15) is 4.79 Å². The van der Waals surface area contributed by atoms with E-state index in [1.807, 2.05) is 31.2 Å². The van der Waals surface area contributed by atoms with Crippen molar-refractivity contribution in [2.24, 2.45) is 0 Å². The van der Waals surface area contributed by atoms with Crippen LogP contribution in [0.2, 0.25) is 0 Å². The van der Waals surface area contributed by atoms with Gasteiger partial charge in [-0.3, -0.25) is 4.90 Å². The zero-order valence-corrected chi connectivity index (χ0v) is 11.6. The van der Waals surface area contributed by atoms with E-state index in [2.05, 4.69) is 22.8 Å². The Morgan fingerprint density at radius 3 is 2.58 bits per heavy atom. The van der Waals surface area contributed by atoms with Gasteiger partial charge >= 0.3 is 0 Å². The van der Waals surface area contributed by atoms with Crippen LogP contribution in [0.3, 0.4) is 0 Å². The van der Waals surface area contributed by atoms with E-state index in [-0.39, 0.29) is 0 Å². The first-order valence-corrected chi connectivity index (χ1v) is 6.57. The van der Waals surface area contributed by atoms with Gasteiger partial charge in [-0.15, -0.1) is 6.42 Å². The van der Waals surface area contributed by atoms with Crippen molar-refractivity contribution in [3.8, 4) is 12.3 Å². The molecule has 1 heterocycles. The predicted octanol–water partition coefficient (Wildman–Crippen LogP) is 1.33. The molecule has 1 aromatic rings. The predicted molar refractivity (Wildman–Crippen MR) is 76.9 cm³/mol. The number of rotatable bonds is 3. The summed E-state index contributed by atoms with van der Waals surface area (Å²) < 4.78 is 0. The highest BCUT2D eigenvalue weighted by atomic mass is 16.1. The van der Waals surface area contributed by atoms with Gasteiger partial charge in [-0.05, 0) is 31.7 Å². The molecular formula is C16H20N2O. The highest BCUT2D eigenvalue weighted by Gasteiger charge is 2.35. The Labute approximate surface area is 115 Å². The fraction of sp³-hybridized carbons (Fsp3) is 0.438. The molecule has 1 saturated heterocycles. The Bertz CT molecular complexity index is 498. The summed E-state index contributed by atoms with van der Waals surface area (Å²) in [5, 5.41) is 0. The summed E-state index contributed by atoms with van der Waals surface area (Å²) in [4.78, 5) is 16.2. The molecule has 1 aliphatic rings. The summed E-state index contributed by atoms with van der Waals surface area (Å²) >= 11 is 0. The van der Waals surface area contributed by atoms with Crippen LogP contribution in [0.25, 0.3) is 0 Å². The number of carbonyl (C=O) groups is 1. The Balaban J connectivity index is 2.31. The minimum Gasteiger partial charge on any atom is -0.304 e. The van der Waals surface area contributed by atoms with Gasteiger partial charge < -0.3 is 9.69 Å². The fourth-order valence-electron chi connectivity index (χ4n) is 2.52. The first-order valence-electron chi connectivity index (χ1n) is 6.57. The van der Waals surface area contributed by atoms with Crippen LogP contribution in [0.15, 0.2) is 24.3 Å². The monoisotopic (exact) mass is 256 g/mol. The van der Waals surface area contributed by atoms with Gasteiger partial charge in [-0.1, -0.05) is 18.1 Å². The zero-order valence-electron chi connectivity index (χ0n) is 11.6. The maximum atomic E-state index is 11.7. The molecule has 1 fully saturated rings. The number of benzene rings is 1. The first-order chi connectivity index (χ1) is 9.10. The van der Waals surface area contributed by atoms with E-state index in [4.69, 9.17) is 6.42 Å². The lowest BCUT2D eigenvalue weighted by Crippen LogP contribution is -2.54. The van der Waals surface area contributed by atoms with E-state index in [0.717, 1.165) is 43.6 Å². The average molecular weight is 256 g/mol. The minimum absolute atomic E-state index is 0.589. The lowest BCUT2D eigenvalue weighted by Gasteiger charge is -2.42. The topological polar surface area (TPSA) is 23.6 Å². The second-order valence-corrected chi connectivity index (χ2v) is 5.28. The summed E-state index contributed by atoms with van der Waals surface area (Å²) in [6, 6.07) is 7.72. The van der Waals surface area contributed by atoms with Crippen LogP contribution in [0.1, 0.15) is 18.1 Å². The molecule has 3 nitrogen and oxygen atoms in total. The zero-order chi connectivity index (χ0) is 13.9. The lowest BCUT2D eigenvalue weighted by molar-refractivity contribution is -0.119. The van der Waals surface area contributed by atoms with E-state index in [1.165, 1.54) is 0 Å². The number of carbonyl (C=O) groups excluding carboxylic acids is 1. The van der Waals surface area contributed by atoms with Crippen molar-refractivity contribution in [2.45, 2.75) is 12.5 Å². The van der Waals surface area contributed by atoms with Gasteiger partial charge in [-0.25, -0.2) is 0 Å². The smallest absolute Gasteiger partial charge is 0.144 e. The molecule has 0 aromatic heterocycles. The van der Waals surface area contributed by atoms with Crippen LogP contribution in [0.5, 0.6) is 0 Å². The van der Waals surface area contributed by atoms with Gasteiger partial charge in [0.1, 0.15) is 6.29 Å². The largest absolute Gasteiger partial charge is 0.304 e. The number of hydrogen-bond donors (Lipinski definition) is 0. The summed E-state index contributed by atoms with van der Waals surface area (Å²) in [7, 11) is 2.11. The molecule has 2 rings (SSSR count). The summed E-state index contributed by atoms with van der Waals surface area (Å²) in [6.07, 6.45) is 6.48. The van der Waals surface area contributed by atoms with Crippen LogP contribution < -0.4 is 0 Å². The van der Waals surface area contributed by atoms with Gasteiger partial charge in [0.05, 0.1) is 5.54 Å². The maximum Gasteiger partial charge on any atom is 0.144 e. The normalized spacial score (nSPS) is 20.5. The molecule has 0 N–H and O–H groups in total. The van der Waals surface area contributed by atoms with E-state index >= 15 is 0 Å². The molecule has 0 aliphatic carbocycles. The molecule has 100 valence electrons. The first kappa shape index (κ1) is 13.8. The van der Waals surface area contributed by atoms with Crippen LogP contribution in [-0.2, 0) is 10.3 Å². The summed E-state index contributed by atoms with van der Waals surface area (Å²) in [6.45, 7) is 5.73. The minimum atomic E-state index is -0.589. The third kappa shape index (κ3) is 2.70. The van der Waals surface area contributed by atoms with Gasteiger partial charge in [0.2, 0.25) is 0 Å². The molecule has 1 aromatic carbocycles. The number of piperazine rings is 1. The van der Waals surface area contributed by atoms with Crippen molar-refractivity contribution in [3.05, 3.63) is 35.4 Å². The molecule has 1 atom stereocenters. The molecule has 3 heteroatoms. The quantitative estimate of drug-likeness (QED) is 0.602. The molecule has 19 heavy (non-hydrogen) atoms. The molecule has 1 unspecified atom stereocenters. The fourth-order valence-corrected chi connectivity index (χ4v) is 2.52. The van der Waals surface area contributed by atoms with E-state index in [1.54, 1.807) is 0 Å². The SMILES string of the molecule is C#Cc1cccc(C(C)(C=O)N2CCN(C)CC2)c1. The van der Waals surface area contributed by atoms with Crippen molar-refractivity contribution in [2.75, 3.05) is 33.2 Å². The third-order valence-electron chi connectivity index (χ3n) is 4.00. The second-order valence-electron chi connectivity index (χ2n) is 5.28. The van der Waals surface area contributed by atoms with Gasteiger partial charge in [-0.2, -0.15) is 0 Å². The number of terminal acetylenes is 1. The van der Waals surface area contributed by atoms with Gasteiger partial charge in [0.25, 0.3) is 0 Å². The van der Waals surface area contributed by atoms with E-state index in [0.29, 0.717) is 0 Å². The van der Waals surface area contributed by atoms with Gasteiger partial charge in [0, 0.05) is 31.7 Å². The molecule has 0 amide bonds. The highest BCUT2D eigenvalue weighted by molar-refractivity contribution is 5.67. The number of hydrogen-bond acceptors (Lipinski definition) is 3. The Morgan fingerprint density at radius 2 is 2.00 bits per heavy atom. The van der Waals surface area contributed by atoms with Crippen molar-refractivity contribution in [3.63, 3.8) is 0 Å². The number of likely N-dealkylation sites (N-methyl/N-ethyl adjacent to an activating group) is 1. The molecule has 0 saturated carbocycles. The molecular weight excluding hydrogens is 236 g/mol. The van der Waals surface area contributed by atoms with Crippen molar-refractivity contribution in [1.82, 2.24) is 9.80 Å². The molecule has 0 radical (unpaired) electrons. The lowest BCUT2D eigenvalue weighted by atomic mass is 9.89. The van der Waals surface area contributed by atoms with Crippen LogP contribution >= 0.6 is 0 Å². The summed E-state index contributed by atoms with van der Waals surface area (Å²) in [5.41, 5.74) is 1.20.